The van der Waals surface area contributed by atoms with Gasteiger partial charge in [0.05, 0.1) is 5.75 Å². The summed E-state index contributed by atoms with van der Waals surface area (Å²) < 4.78 is 38.6. The van der Waals surface area contributed by atoms with E-state index < -0.39 is 27.0 Å². The number of sulfonamides is 1. The molecule has 2 rings (SSSR count). The fourth-order valence-electron chi connectivity index (χ4n) is 2.88. The van der Waals surface area contributed by atoms with Crippen LogP contribution in [0.25, 0.3) is 0 Å². The number of guanidine groups is 1. The highest BCUT2D eigenvalue weighted by atomic mass is 32.2. The molecule has 5 N–H and O–H groups in total. The molecule has 28 heavy (non-hydrogen) atoms. The summed E-state index contributed by atoms with van der Waals surface area (Å²) in [6.45, 7) is 6.81. The van der Waals surface area contributed by atoms with E-state index in [-0.39, 0.29) is 18.3 Å². The molecule has 2 aliphatic heterocycles. The molecule has 0 radical (unpaired) electrons. The second-order valence-corrected chi connectivity index (χ2v) is 10.5. The molecule has 0 bridgehead atoms. The van der Waals surface area contributed by atoms with Crippen molar-refractivity contribution in [2.24, 2.45) is 4.99 Å². The molecule has 9 nitrogen and oxygen atoms in total. The maximum atomic E-state index is 12.0. The first kappa shape index (κ1) is 22.9. The summed E-state index contributed by atoms with van der Waals surface area (Å²) in [5.41, 5.74) is 1.95. The summed E-state index contributed by atoms with van der Waals surface area (Å²) in [6, 6.07) is -0.138. The fraction of sp³-hybridized carbons (Fsp3) is 0.706. The Balaban J connectivity index is 2.01. The first-order valence-electron chi connectivity index (χ1n) is 9.60. The van der Waals surface area contributed by atoms with Crippen molar-refractivity contribution in [2.45, 2.75) is 45.8 Å². The summed E-state index contributed by atoms with van der Waals surface area (Å²) in [7, 11) is -4.26. The molecule has 0 saturated carbocycles. The van der Waals surface area contributed by atoms with Crippen molar-refractivity contribution in [3.05, 3.63) is 23.7 Å². The van der Waals surface area contributed by atoms with Crippen molar-refractivity contribution in [3.8, 4) is 0 Å². The minimum Gasteiger partial charge on any atom is -0.390 e. The van der Waals surface area contributed by atoms with Gasteiger partial charge >= 0.3 is 0 Å². The van der Waals surface area contributed by atoms with E-state index in [4.69, 9.17) is 0 Å². The Hall–Kier alpha value is -1.43. The molecule has 2 atom stereocenters. The SMILES string of the molecule is CCCN/C=C\NC1=NC(NCCS(=O)(=O)NC(C)C)C2=C(CCS(=O)C2)N1. The zero-order valence-electron chi connectivity index (χ0n) is 16.7. The second kappa shape index (κ2) is 10.9. The van der Waals surface area contributed by atoms with Gasteiger partial charge in [0, 0.05) is 65.1 Å². The first-order chi connectivity index (χ1) is 13.3. The number of nitrogens with one attached hydrogen (secondary N) is 5. The molecule has 2 heterocycles. The van der Waals surface area contributed by atoms with Crippen molar-refractivity contribution < 1.29 is 12.6 Å². The van der Waals surface area contributed by atoms with Gasteiger partial charge in [-0.3, -0.25) is 9.53 Å². The predicted molar refractivity (Wildman–Crippen MR) is 115 cm³/mol. The summed E-state index contributed by atoms with van der Waals surface area (Å²) >= 11 is 0. The third kappa shape index (κ3) is 7.53. The normalized spacial score (nSPS) is 22.8. The predicted octanol–water partition coefficient (Wildman–Crippen LogP) is -0.344. The third-order valence-corrected chi connectivity index (χ3v) is 6.95. The highest BCUT2D eigenvalue weighted by Crippen LogP contribution is 2.22. The maximum absolute atomic E-state index is 12.0. The van der Waals surface area contributed by atoms with Gasteiger partial charge in [-0.2, -0.15) is 0 Å². The van der Waals surface area contributed by atoms with Crippen LogP contribution in [0, 0.1) is 0 Å². The van der Waals surface area contributed by atoms with Crippen molar-refractivity contribution in [2.75, 3.05) is 30.3 Å². The Bertz CT molecular complexity index is 746. The van der Waals surface area contributed by atoms with Crippen molar-refractivity contribution in [3.63, 3.8) is 0 Å². The molecule has 0 spiro atoms. The lowest BCUT2D eigenvalue weighted by Crippen LogP contribution is -2.48. The van der Waals surface area contributed by atoms with Crippen LogP contribution in [0.15, 0.2) is 28.7 Å². The van der Waals surface area contributed by atoms with E-state index in [0.29, 0.717) is 23.9 Å². The van der Waals surface area contributed by atoms with E-state index >= 15 is 0 Å². The molecule has 0 aromatic carbocycles. The van der Waals surface area contributed by atoms with Crippen molar-refractivity contribution in [1.82, 2.24) is 26.0 Å². The summed E-state index contributed by atoms with van der Waals surface area (Å²) in [5, 5.41) is 12.7. The number of hydrogen-bond acceptors (Lipinski definition) is 8. The quantitative estimate of drug-likeness (QED) is 0.299. The molecule has 0 aromatic heterocycles. The molecule has 0 aliphatic carbocycles. The minimum atomic E-state index is -3.35. The third-order valence-electron chi connectivity index (χ3n) is 4.08. The van der Waals surface area contributed by atoms with Crippen LogP contribution in [0.3, 0.4) is 0 Å². The van der Waals surface area contributed by atoms with Crippen LogP contribution in [-0.2, 0) is 20.8 Å². The van der Waals surface area contributed by atoms with Gasteiger partial charge in [0.25, 0.3) is 0 Å². The van der Waals surface area contributed by atoms with Gasteiger partial charge in [0.15, 0.2) is 0 Å². The lowest BCUT2D eigenvalue weighted by molar-refractivity contribution is 0.551. The van der Waals surface area contributed by atoms with Gasteiger partial charge < -0.3 is 16.0 Å². The van der Waals surface area contributed by atoms with E-state index in [1.165, 1.54) is 0 Å². The topological polar surface area (TPSA) is 124 Å². The van der Waals surface area contributed by atoms with Crippen LogP contribution in [0.1, 0.15) is 33.6 Å². The Morgan fingerprint density at radius 3 is 2.82 bits per heavy atom. The number of rotatable bonds is 10. The monoisotopic (exact) mass is 432 g/mol. The lowest BCUT2D eigenvalue weighted by Gasteiger charge is -2.31. The molecular weight excluding hydrogens is 400 g/mol. The molecule has 0 saturated heterocycles. The highest BCUT2D eigenvalue weighted by Gasteiger charge is 2.28. The van der Waals surface area contributed by atoms with Gasteiger partial charge in [-0.15, -0.1) is 0 Å². The smallest absolute Gasteiger partial charge is 0.213 e. The second-order valence-electron chi connectivity index (χ2n) is 7.02. The van der Waals surface area contributed by atoms with Crippen LogP contribution in [0.4, 0.5) is 0 Å². The molecule has 160 valence electrons. The van der Waals surface area contributed by atoms with E-state index in [1.54, 1.807) is 20.0 Å². The van der Waals surface area contributed by atoms with Gasteiger partial charge in [0.2, 0.25) is 16.0 Å². The lowest BCUT2D eigenvalue weighted by atomic mass is 10.1. The van der Waals surface area contributed by atoms with E-state index in [1.807, 2.05) is 6.20 Å². The first-order valence-corrected chi connectivity index (χ1v) is 12.7. The molecule has 0 amide bonds. The molecular formula is C17H32N6O3S2. The van der Waals surface area contributed by atoms with Crippen LogP contribution in [0.2, 0.25) is 0 Å². The molecule has 2 aliphatic rings. The number of aliphatic imine (C=N–C) groups is 1. The van der Waals surface area contributed by atoms with E-state index in [0.717, 1.165) is 24.2 Å². The Morgan fingerprint density at radius 2 is 2.11 bits per heavy atom. The number of nitrogens with zero attached hydrogens (tertiary/aromatic N) is 1. The van der Waals surface area contributed by atoms with Crippen LogP contribution < -0.4 is 26.0 Å². The summed E-state index contributed by atoms with van der Waals surface area (Å²) in [5.74, 6) is 1.61. The Morgan fingerprint density at radius 1 is 1.32 bits per heavy atom. The van der Waals surface area contributed by atoms with E-state index in [2.05, 4.69) is 37.9 Å². The summed E-state index contributed by atoms with van der Waals surface area (Å²) in [6.07, 6.45) is 4.92. The van der Waals surface area contributed by atoms with Crippen molar-refractivity contribution >= 4 is 26.8 Å². The van der Waals surface area contributed by atoms with Crippen LogP contribution in [-0.4, -0.2) is 61.1 Å². The van der Waals surface area contributed by atoms with Gasteiger partial charge in [-0.05, 0) is 26.7 Å². The largest absolute Gasteiger partial charge is 0.390 e. The molecule has 11 heteroatoms. The van der Waals surface area contributed by atoms with E-state index in [9.17, 15) is 12.6 Å². The number of allylic oxidation sites excluding steroid dienone is 1. The number of hydrogen-bond donors (Lipinski definition) is 5. The molecule has 2 unspecified atom stereocenters. The van der Waals surface area contributed by atoms with Gasteiger partial charge in [-0.25, -0.2) is 18.1 Å². The Labute approximate surface area is 170 Å². The standard InChI is InChI=1S/C17H32N6O3S2/c1-4-6-18-7-8-20-17-21-15-5-10-27(24)12-14(15)16(22-17)19-9-11-28(25,26)23-13(2)3/h7-8,13,16,18-19,23H,4-6,9-12H2,1-3H3,(H2,20,21,22)/b8-7-. The average Bonchev–Trinajstić information content (AvgIpc) is 2.60. The zero-order chi connectivity index (χ0) is 20.6. The van der Waals surface area contributed by atoms with Crippen LogP contribution in [0.5, 0.6) is 0 Å². The molecule has 0 fully saturated rings. The van der Waals surface area contributed by atoms with Crippen LogP contribution >= 0.6 is 0 Å². The average molecular weight is 433 g/mol. The fourth-order valence-corrected chi connectivity index (χ4v) is 5.35. The minimum absolute atomic E-state index is 0.0417. The van der Waals surface area contributed by atoms with Gasteiger partial charge in [-0.1, -0.05) is 6.92 Å². The zero-order valence-corrected chi connectivity index (χ0v) is 18.4. The van der Waals surface area contributed by atoms with Crippen molar-refractivity contribution in [1.29, 1.82) is 0 Å². The highest BCUT2D eigenvalue weighted by molar-refractivity contribution is 7.89. The maximum Gasteiger partial charge on any atom is 0.213 e. The molecule has 0 aromatic rings. The van der Waals surface area contributed by atoms with Gasteiger partial charge in [0.1, 0.15) is 6.17 Å². The summed E-state index contributed by atoms with van der Waals surface area (Å²) in [4.78, 5) is 4.60. The Kier molecular flexibility index (Phi) is 8.93.